The number of rotatable bonds is 5. The zero-order valence-electron chi connectivity index (χ0n) is 12.1. The number of hydrogen-bond donors (Lipinski definition) is 1. The van der Waals surface area contributed by atoms with Crippen molar-refractivity contribution in [3.05, 3.63) is 12.4 Å². The molecular formula is C17H29FO. The summed E-state index contributed by atoms with van der Waals surface area (Å²) in [5, 5.41) is 9.58. The number of hydrogen-bond acceptors (Lipinski definition) is 1. The van der Waals surface area contributed by atoms with Crippen LogP contribution in [0.4, 0.5) is 4.39 Å². The number of allylic oxidation sites excluding steroid dienone is 1. The monoisotopic (exact) mass is 268 g/mol. The summed E-state index contributed by atoms with van der Waals surface area (Å²) in [6.45, 7) is 0. The Morgan fingerprint density at radius 3 is 2.05 bits per heavy atom. The number of aliphatic hydroxyl groups excluding tert-OH is 1. The average Bonchev–Trinajstić information content (AvgIpc) is 2.45. The summed E-state index contributed by atoms with van der Waals surface area (Å²) in [6, 6.07) is 0. The molecule has 0 radical (unpaired) electrons. The molecule has 2 aliphatic rings. The first-order valence-corrected chi connectivity index (χ1v) is 8.23. The van der Waals surface area contributed by atoms with Crippen LogP contribution in [0.25, 0.3) is 0 Å². The molecule has 1 nitrogen and oxygen atoms in total. The van der Waals surface area contributed by atoms with Gasteiger partial charge >= 0.3 is 0 Å². The lowest BCUT2D eigenvalue weighted by Crippen LogP contribution is -2.27. The van der Waals surface area contributed by atoms with Crippen molar-refractivity contribution in [2.24, 2.45) is 17.8 Å². The van der Waals surface area contributed by atoms with Crippen LogP contribution < -0.4 is 0 Å². The summed E-state index contributed by atoms with van der Waals surface area (Å²) < 4.78 is 11.8. The predicted octanol–water partition coefficient (Wildman–Crippen LogP) is 5.00. The van der Waals surface area contributed by atoms with Crippen molar-refractivity contribution in [3.8, 4) is 0 Å². The second-order valence-corrected chi connectivity index (χ2v) is 6.64. The van der Waals surface area contributed by atoms with Gasteiger partial charge in [-0.2, -0.15) is 0 Å². The molecular weight excluding hydrogens is 239 g/mol. The number of halogens is 1. The molecule has 2 heteroatoms. The second-order valence-electron chi connectivity index (χ2n) is 6.64. The summed E-state index contributed by atoms with van der Waals surface area (Å²) in [5.41, 5.74) is 0. The summed E-state index contributed by atoms with van der Waals surface area (Å²) in [7, 11) is 0. The highest BCUT2D eigenvalue weighted by molar-refractivity contribution is 4.82. The fraction of sp³-hybridized carbons (Fsp3) is 0.882. The maximum atomic E-state index is 11.8. The molecule has 0 unspecified atom stereocenters. The number of unbranched alkanes of at least 4 members (excludes halogenated alkanes) is 1. The highest BCUT2D eigenvalue weighted by atomic mass is 19.1. The minimum atomic E-state index is -0.0175. The molecule has 2 aliphatic carbocycles. The van der Waals surface area contributed by atoms with Crippen molar-refractivity contribution in [1.82, 2.24) is 0 Å². The first-order valence-electron chi connectivity index (χ1n) is 8.23. The molecule has 0 aromatic rings. The van der Waals surface area contributed by atoms with Gasteiger partial charge in [-0.1, -0.05) is 25.3 Å². The molecule has 2 saturated carbocycles. The van der Waals surface area contributed by atoms with Gasteiger partial charge in [0.1, 0.15) is 0 Å². The van der Waals surface area contributed by atoms with Gasteiger partial charge in [-0.05, 0) is 69.1 Å². The summed E-state index contributed by atoms with van der Waals surface area (Å²) in [5.74, 6) is 2.70. The van der Waals surface area contributed by atoms with Crippen LogP contribution in [0.15, 0.2) is 12.4 Å². The van der Waals surface area contributed by atoms with Crippen molar-refractivity contribution in [2.45, 2.75) is 76.7 Å². The lowest BCUT2D eigenvalue weighted by molar-refractivity contribution is 0.0763. The molecule has 0 aromatic carbocycles. The zero-order valence-corrected chi connectivity index (χ0v) is 12.1. The van der Waals surface area contributed by atoms with Crippen molar-refractivity contribution in [3.63, 3.8) is 0 Å². The standard InChI is InChI=1S/C17H29FO/c18-13-3-1-2-4-14-5-7-15(8-6-14)16-9-11-17(19)12-10-16/h3,13-17,19H,1-2,4-12H2. The SMILES string of the molecule is OC1CCC(C2CCC(CCCC=CF)CC2)CC1. The molecule has 0 heterocycles. The van der Waals surface area contributed by atoms with E-state index in [9.17, 15) is 9.50 Å². The quantitative estimate of drug-likeness (QED) is 0.696. The molecule has 0 bridgehead atoms. The first-order chi connectivity index (χ1) is 9.29. The van der Waals surface area contributed by atoms with E-state index in [4.69, 9.17) is 0 Å². The van der Waals surface area contributed by atoms with E-state index in [0.717, 1.165) is 43.4 Å². The van der Waals surface area contributed by atoms with E-state index in [1.165, 1.54) is 44.9 Å². The van der Waals surface area contributed by atoms with Crippen LogP contribution in [0.3, 0.4) is 0 Å². The molecule has 0 aromatic heterocycles. The lowest BCUT2D eigenvalue weighted by atomic mass is 9.70. The van der Waals surface area contributed by atoms with E-state index in [0.29, 0.717) is 6.33 Å². The lowest BCUT2D eigenvalue weighted by Gasteiger charge is -2.37. The van der Waals surface area contributed by atoms with Gasteiger partial charge in [0, 0.05) is 0 Å². The third kappa shape index (κ3) is 4.91. The smallest absolute Gasteiger partial charge is 0.0827 e. The highest BCUT2D eigenvalue weighted by Gasteiger charge is 2.30. The Labute approximate surface area is 117 Å². The molecule has 1 N–H and O–H groups in total. The van der Waals surface area contributed by atoms with E-state index in [1.54, 1.807) is 6.08 Å². The zero-order chi connectivity index (χ0) is 13.5. The maximum Gasteiger partial charge on any atom is 0.0827 e. The van der Waals surface area contributed by atoms with Crippen molar-refractivity contribution in [2.75, 3.05) is 0 Å². The van der Waals surface area contributed by atoms with E-state index in [2.05, 4.69) is 0 Å². The third-order valence-electron chi connectivity index (χ3n) is 5.37. The van der Waals surface area contributed by atoms with Gasteiger partial charge in [0.2, 0.25) is 0 Å². The molecule has 110 valence electrons. The van der Waals surface area contributed by atoms with Crippen LogP contribution in [0.5, 0.6) is 0 Å². The molecule has 19 heavy (non-hydrogen) atoms. The van der Waals surface area contributed by atoms with Gasteiger partial charge in [0.05, 0.1) is 12.4 Å². The summed E-state index contributed by atoms with van der Waals surface area (Å²) >= 11 is 0. The molecule has 2 rings (SSSR count). The highest BCUT2D eigenvalue weighted by Crippen LogP contribution is 2.41. The van der Waals surface area contributed by atoms with E-state index in [-0.39, 0.29) is 6.10 Å². The Balaban J connectivity index is 1.62. The minimum Gasteiger partial charge on any atom is -0.393 e. The van der Waals surface area contributed by atoms with Gasteiger partial charge in [-0.25, -0.2) is 4.39 Å². The fourth-order valence-electron chi connectivity index (χ4n) is 4.11. The minimum absolute atomic E-state index is 0.0175. The summed E-state index contributed by atoms with van der Waals surface area (Å²) in [6.07, 6.45) is 15.7. The first kappa shape index (κ1) is 15.0. The van der Waals surface area contributed by atoms with E-state index < -0.39 is 0 Å². The Morgan fingerprint density at radius 2 is 1.47 bits per heavy atom. The molecule has 0 spiro atoms. The van der Waals surface area contributed by atoms with Gasteiger partial charge < -0.3 is 5.11 Å². The van der Waals surface area contributed by atoms with Crippen LogP contribution in [-0.4, -0.2) is 11.2 Å². The Hall–Kier alpha value is -0.370. The Morgan fingerprint density at radius 1 is 0.895 bits per heavy atom. The average molecular weight is 268 g/mol. The Kier molecular flexibility index (Phi) is 6.36. The predicted molar refractivity (Wildman–Crippen MR) is 77.5 cm³/mol. The largest absolute Gasteiger partial charge is 0.393 e. The molecule has 2 fully saturated rings. The van der Waals surface area contributed by atoms with Gasteiger partial charge in [0.15, 0.2) is 0 Å². The topological polar surface area (TPSA) is 20.2 Å². The van der Waals surface area contributed by atoms with Crippen LogP contribution in [-0.2, 0) is 0 Å². The molecule has 0 atom stereocenters. The van der Waals surface area contributed by atoms with Crippen molar-refractivity contribution >= 4 is 0 Å². The van der Waals surface area contributed by atoms with Gasteiger partial charge in [0.25, 0.3) is 0 Å². The van der Waals surface area contributed by atoms with Crippen molar-refractivity contribution in [1.29, 1.82) is 0 Å². The third-order valence-corrected chi connectivity index (χ3v) is 5.37. The normalized spacial score (nSPS) is 36.7. The van der Waals surface area contributed by atoms with Gasteiger partial charge in [-0.3, -0.25) is 0 Å². The maximum absolute atomic E-state index is 11.8. The van der Waals surface area contributed by atoms with Crippen LogP contribution in [0.2, 0.25) is 0 Å². The molecule has 0 saturated heterocycles. The van der Waals surface area contributed by atoms with Crippen LogP contribution in [0.1, 0.15) is 70.6 Å². The van der Waals surface area contributed by atoms with Crippen LogP contribution >= 0.6 is 0 Å². The molecule has 0 aliphatic heterocycles. The summed E-state index contributed by atoms with van der Waals surface area (Å²) in [4.78, 5) is 0. The van der Waals surface area contributed by atoms with Crippen molar-refractivity contribution < 1.29 is 9.50 Å². The van der Waals surface area contributed by atoms with E-state index >= 15 is 0 Å². The van der Waals surface area contributed by atoms with Gasteiger partial charge in [-0.15, -0.1) is 0 Å². The second kappa shape index (κ2) is 8.04. The number of aliphatic hydroxyl groups is 1. The fourth-order valence-corrected chi connectivity index (χ4v) is 4.11. The Bertz CT molecular complexity index is 260. The van der Waals surface area contributed by atoms with Crippen LogP contribution in [0, 0.1) is 17.8 Å². The molecule has 0 amide bonds. The van der Waals surface area contributed by atoms with E-state index in [1.807, 2.05) is 0 Å².